The maximum Gasteiger partial charge on any atom is 0.251 e. The van der Waals surface area contributed by atoms with Gasteiger partial charge in [0, 0.05) is 50.0 Å². The molecule has 2 saturated heterocycles. The van der Waals surface area contributed by atoms with E-state index in [1.807, 2.05) is 10.6 Å². The summed E-state index contributed by atoms with van der Waals surface area (Å²) in [6, 6.07) is 6.07. The first-order valence-corrected chi connectivity index (χ1v) is 8.42. The average Bonchev–Trinajstić information content (AvgIpc) is 2.57. The summed E-state index contributed by atoms with van der Waals surface area (Å²) in [5.41, 5.74) is 1.14. The molecule has 0 amide bonds. The first-order chi connectivity index (χ1) is 10.8. The van der Waals surface area contributed by atoms with E-state index in [1.165, 1.54) is 0 Å². The van der Waals surface area contributed by atoms with Crippen molar-refractivity contribution in [2.75, 3.05) is 32.9 Å². The molecule has 4 heterocycles. The second kappa shape index (κ2) is 5.80. The van der Waals surface area contributed by atoms with Gasteiger partial charge in [-0.05, 0) is 31.2 Å². The van der Waals surface area contributed by atoms with Gasteiger partial charge in [-0.15, -0.1) is 0 Å². The lowest BCUT2D eigenvalue weighted by atomic mass is 9.78. The highest BCUT2D eigenvalue weighted by Crippen LogP contribution is 2.41. The number of aliphatic hydroxyl groups excluding tert-OH is 1. The predicted octanol–water partition coefficient (Wildman–Crippen LogP) is 0.980. The zero-order valence-corrected chi connectivity index (χ0v) is 12.9. The number of aromatic nitrogens is 1. The average molecular weight is 304 g/mol. The Hall–Kier alpha value is -1.17. The van der Waals surface area contributed by atoms with Crippen LogP contribution in [0.25, 0.3) is 0 Å². The van der Waals surface area contributed by atoms with E-state index in [-0.39, 0.29) is 18.2 Å². The van der Waals surface area contributed by atoms with Crippen LogP contribution in [-0.2, 0) is 4.74 Å². The van der Waals surface area contributed by atoms with Crippen LogP contribution in [0.1, 0.15) is 36.9 Å². The second-order valence-corrected chi connectivity index (χ2v) is 6.90. The van der Waals surface area contributed by atoms with Crippen LogP contribution < -0.4 is 5.56 Å². The fourth-order valence-electron chi connectivity index (χ4n) is 4.66. The lowest BCUT2D eigenvalue weighted by Gasteiger charge is -2.49. The Bertz CT molecular complexity index is 594. The highest BCUT2D eigenvalue weighted by Gasteiger charge is 2.41. The maximum absolute atomic E-state index is 12.3. The molecule has 0 radical (unpaired) electrons. The zero-order chi connectivity index (χ0) is 15.1. The Morgan fingerprint density at radius 1 is 1.23 bits per heavy atom. The highest BCUT2D eigenvalue weighted by atomic mass is 16.5. The number of aliphatic hydroxyl groups is 1. The van der Waals surface area contributed by atoms with Crippen LogP contribution in [0.4, 0.5) is 0 Å². The van der Waals surface area contributed by atoms with Crippen LogP contribution in [0.3, 0.4) is 0 Å². The maximum atomic E-state index is 12.3. The summed E-state index contributed by atoms with van der Waals surface area (Å²) < 4.78 is 7.35. The minimum Gasteiger partial charge on any atom is -0.394 e. The van der Waals surface area contributed by atoms with Crippen molar-refractivity contribution < 1.29 is 9.84 Å². The summed E-state index contributed by atoms with van der Waals surface area (Å²) >= 11 is 0. The van der Waals surface area contributed by atoms with Crippen molar-refractivity contribution in [1.82, 2.24) is 9.47 Å². The van der Waals surface area contributed by atoms with Gasteiger partial charge in [0.2, 0.25) is 0 Å². The molecule has 1 aromatic rings. The number of hydrogen-bond acceptors (Lipinski definition) is 4. The molecule has 22 heavy (non-hydrogen) atoms. The molecule has 0 saturated carbocycles. The molecule has 120 valence electrons. The van der Waals surface area contributed by atoms with Crippen LogP contribution >= 0.6 is 0 Å². The Kier molecular flexibility index (Phi) is 3.80. The van der Waals surface area contributed by atoms with Gasteiger partial charge in [-0.1, -0.05) is 6.07 Å². The molecule has 0 unspecified atom stereocenters. The molecule has 1 aromatic heterocycles. The molecule has 3 aliphatic rings. The summed E-state index contributed by atoms with van der Waals surface area (Å²) in [4.78, 5) is 14.9. The Labute approximate surface area is 130 Å². The molecule has 0 aliphatic carbocycles. The van der Waals surface area contributed by atoms with Gasteiger partial charge >= 0.3 is 0 Å². The number of pyridine rings is 1. The monoisotopic (exact) mass is 304 g/mol. The van der Waals surface area contributed by atoms with Gasteiger partial charge in [0.15, 0.2) is 0 Å². The number of fused-ring (bicyclic) bond motifs is 4. The van der Waals surface area contributed by atoms with Gasteiger partial charge in [-0.25, -0.2) is 0 Å². The Morgan fingerprint density at radius 2 is 2.05 bits per heavy atom. The van der Waals surface area contributed by atoms with E-state index in [0.717, 1.165) is 51.3 Å². The van der Waals surface area contributed by atoms with Crippen LogP contribution in [0, 0.1) is 5.92 Å². The van der Waals surface area contributed by atoms with Crippen LogP contribution in [0.2, 0.25) is 0 Å². The minimum atomic E-state index is -0.0670. The van der Waals surface area contributed by atoms with Gasteiger partial charge in [0.25, 0.3) is 5.56 Å². The van der Waals surface area contributed by atoms with Crippen LogP contribution in [-0.4, -0.2) is 53.5 Å². The Balaban J connectivity index is 1.67. The molecule has 3 aliphatic heterocycles. The Morgan fingerprint density at radius 3 is 2.82 bits per heavy atom. The van der Waals surface area contributed by atoms with Crippen molar-refractivity contribution in [1.29, 1.82) is 0 Å². The molecule has 1 N–H and O–H groups in total. The van der Waals surface area contributed by atoms with Crippen molar-refractivity contribution >= 4 is 0 Å². The standard InChI is InChI=1S/C17H24N2O3/c20-11-16-13-8-12(15-2-1-3-17(21)19(15)16)9-18(10-13)14-4-6-22-7-5-14/h1-3,12-14,16,20H,4-11H2/t12-,13+,16+/m1/s1. The van der Waals surface area contributed by atoms with Gasteiger partial charge in [-0.3, -0.25) is 9.69 Å². The third-order valence-corrected chi connectivity index (χ3v) is 5.72. The normalized spacial score (nSPS) is 32.7. The number of piperidine rings is 1. The molecule has 0 spiro atoms. The molecule has 5 heteroatoms. The van der Waals surface area contributed by atoms with Crippen molar-refractivity contribution in [3.63, 3.8) is 0 Å². The van der Waals surface area contributed by atoms with Gasteiger partial charge in [0.1, 0.15) is 0 Å². The molecular formula is C17H24N2O3. The van der Waals surface area contributed by atoms with E-state index in [0.29, 0.717) is 17.9 Å². The molecular weight excluding hydrogens is 280 g/mol. The van der Waals surface area contributed by atoms with E-state index >= 15 is 0 Å². The topological polar surface area (TPSA) is 54.7 Å². The van der Waals surface area contributed by atoms with Gasteiger partial charge < -0.3 is 14.4 Å². The lowest BCUT2D eigenvalue weighted by Crippen LogP contribution is -2.53. The van der Waals surface area contributed by atoms with Gasteiger partial charge in [-0.2, -0.15) is 0 Å². The fourth-order valence-corrected chi connectivity index (χ4v) is 4.66. The lowest BCUT2D eigenvalue weighted by molar-refractivity contribution is -0.00793. The van der Waals surface area contributed by atoms with Gasteiger partial charge in [0.05, 0.1) is 12.6 Å². The van der Waals surface area contributed by atoms with E-state index in [2.05, 4.69) is 11.0 Å². The quantitative estimate of drug-likeness (QED) is 0.885. The fraction of sp³-hybridized carbons (Fsp3) is 0.706. The molecule has 5 nitrogen and oxygen atoms in total. The molecule has 2 bridgehead atoms. The molecule has 0 aromatic carbocycles. The summed E-state index contributed by atoms with van der Waals surface area (Å²) in [5, 5.41) is 9.87. The third-order valence-electron chi connectivity index (χ3n) is 5.72. The van der Waals surface area contributed by atoms with E-state index in [1.54, 1.807) is 6.07 Å². The number of ether oxygens (including phenoxy) is 1. The van der Waals surface area contributed by atoms with Crippen molar-refractivity contribution in [3.05, 3.63) is 34.2 Å². The zero-order valence-electron chi connectivity index (χ0n) is 12.9. The minimum absolute atomic E-state index is 0.0331. The number of rotatable bonds is 2. The number of hydrogen-bond donors (Lipinski definition) is 1. The van der Waals surface area contributed by atoms with Crippen molar-refractivity contribution in [3.8, 4) is 0 Å². The summed E-state index contributed by atoms with van der Waals surface area (Å²) in [6.07, 6.45) is 3.30. The number of likely N-dealkylation sites (tertiary alicyclic amines) is 1. The highest BCUT2D eigenvalue weighted by molar-refractivity contribution is 5.19. The van der Waals surface area contributed by atoms with E-state index in [4.69, 9.17) is 4.74 Å². The summed E-state index contributed by atoms with van der Waals surface area (Å²) in [7, 11) is 0. The second-order valence-electron chi connectivity index (χ2n) is 6.90. The summed E-state index contributed by atoms with van der Waals surface area (Å²) in [6.45, 7) is 3.79. The SMILES string of the molecule is O=c1cccc2n1[C@@H](CO)[C@H]1C[C@@H]2CN(C2CCOCC2)C1. The smallest absolute Gasteiger partial charge is 0.251 e. The number of nitrogens with zero attached hydrogens (tertiary/aromatic N) is 2. The first kappa shape index (κ1) is 14.4. The van der Waals surface area contributed by atoms with Crippen LogP contribution in [0.5, 0.6) is 0 Å². The van der Waals surface area contributed by atoms with Crippen molar-refractivity contribution in [2.45, 2.75) is 37.3 Å². The predicted molar refractivity (Wildman–Crippen MR) is 83.1 cm³/mol. The molecule has 3 atom stereocenters. The largest absolute Gasteiger partial charge is 0.394 e. The van der Waals surface area contributed by atoms with Crippen LogP contribution in [0.15, 0.2) is 23.0 Å². The third kappa shape index (κ3) is 2.32. The van der Waals surface area contributed by atoms with E-state index < -0.39 is 0 Å². The van der Waals surface area contributed by atoms with Crippen molar-refractivity contribution in [2.24, 2.45) is 5.92 Å². The molecule has 4 rings (SSSR count). The van der Waals surface area contributed by atoms with E-state index in [9.17, 15) is 9.90 Å². The summed E-state index contributed by atoms with van der Waals surface area (Å²) in [5.74, 6) is 0.789. The molecule has 2 fully saturated rings. The first-order valence-electron chi connectivity index (χ1n) is 8.42.